The fourth-order valence-electron chi connectivity index (χ4n) is 1.70. The molecule has 0 amide bonds. The van der Waals surface area contributed by atoms with E-state index in [-0.39, 0.29) is 22.8 Å². The lowest BCUT2D eigenvalue weighted by molar-refractivity contribution is -0.137. The van der Waals surface area contributed by atoms with Crippen molar-refractivity contribution in [2.45, 2.75) is 13.1 Å². The number of aryl methyl sites for hydroxylation is 1. The summed E-state index contributed by atoms with van der Waals surface area (Å²) in [5, 5.41) is 9.55. The molecule has 0 aliphatic rings. The molecule has 0 aliphatic heterocycles. The van der Waals surface area contributed by atoms with Crippen molar-refractivity contribution in [1.29, 1.82) is 0 Å². The smallest absolute Gasteiger partial charge is 0.416 e. The Hall–Kier alpha value is -2.11. The summed E-state index contributed by atoms with van der Waals surface area (Å²) in [4.78, 5) is 0. The molecule has 0 radical (unpaired) electrons. The van der Waals surface area contributed by atoms with Crippen LogP contribution in [0.5, 0.6) is 5.75 Å². The van der Waals surface area contributed by atoms with E-state index < -0.39 is 11.7 Å². The number of hydrogen-bond acceptors (Lipinski definition) is 3. The van der Waals surface area contributed by atoms with Crippen molar-refractivity contribution >= 4 is 5.88 Å². The first kappa shape index (κ1) is 12.3. The molecule has 2 rings (SSSR count). The van der Waals surface area contributed by atoms with Crippen LogP contribution in [0.3, 0.4) is 0 Å². The van der Waals surface area contributed by atoms with Crippen molar-refractivity contribution in [2.24, 2.45) is 0 Å². The van der Waals surface area contributed by atoms with Crippen LogP contribution in [0.4, 0.5) is 19.1 Å². The lowest BCUT2D eigenvalue weighted by Gasteiger charge is -2.11. The number of benzene rings is 1. The topological polar surface area (TPSA) is 59.4 Å². The molecule has 3 nitrogen and oxygen atoms in total. The van der Waals surface area contributed by atoms with Gasteiger partial charge in [0.15, 0.2) is 5.75 Å². The minimum absolute atomic E-state index is 0.0820. The van der Waals surface area contributed by atoms with E-state index >= 15 is 0 Å². The third kappa shape index (κ3) is 2.01. The number of furan rings is 1. The second kappa shape index (κ2) is 3.97. The number of anilines is 1. The number of alkyl halides is 3. The first-order chi connectivity index (χ1) is 8.30. The molecule has 18 heavy (non-hydrogen) atoms. The normalized spacial score (nSPS) is 11.8. The molecule has 6 heteroatoms. The number of hydrogen-bond donors (Lipinski definition) is 2. The predicted octanol–water partition coefficient (Wildman–Crippen LogP) is 3.56. The van der Waals surface area contributed by atoms with Crippen LogP contribution in [0.25, 0.3) is 11.1 Å². The summed E-state index contributed by atoms with van der Waals surface area (Å²) >= 11 is 0. The molecule has 1 heterocycles. The van der Waals surface area contributed by atoms with Gasteiger partial charge in [-0.2, -0.15) is 13.2 Å². The lowest BCUT2D eigenvalue weighted by atomic mass is 9.99. The summed E-state index contributed by atoms with van der Waals surface area (Å²) in [5.41, 5.74) is 5.54. The Morgan fingerprint density at radius 1 is 1.28 bits per heavy atom. The molecule has 3 N–H and O–H groups in total. The first-order valence-corrected chi connectivity index (χ1v) is 5.05. The zero-order chi connectivity index (χ0) is 13.5. The largest absolute Gasteiger partial charge is 0.504 e. The van der Waals surface area contributed by atoms with E-state index in [1.54, 1.807) is 6.92 Å². The summed E-state index contributed by atoms with van der Waals surface area (Å²) in [6.45, 7) is 1.63. The molecule has 0 fully saturated rings. The number of nitrogens with two attached hydrogens (primary N) is 1. The maximum Gasteiger partial charge on any atom is 0.416 e. The van der Waals surface area contributed by atoms with Gasteiger partial charge in [0.1, 0.15) is 6.26 Å². The predicted molar refractivity (Wildman–Crippen MR) is 60.0 cm³/mol. The quantitative estimate of drug-likeness (QED) is 0.821. The summed E-state index contributed by atoms with van der Waals surface area (Å²) in [6, 6.07) is 3.24. The van der Waals surface area contributed by atoms with E-state index in [1.807, 2.05) is 0 Å². The number of nitrogen functional groups attached to an aromatic ring is 1. The molecule has 96 valence electrons. The Bertz CT molecular complexity index is 568. The maximum absolute atomic E-state index is 12.6. The van der Waals surface area contributed by atoms with Crippen LogP contribution in [0, 0.1) is 6.92 Å². The van der Waals surface area contributed by atoms with E-state index in [9.17, 15) is 18.3 Å². The summed E-state index contributed by atoms with van der Waals surface area (Å²) < 4.78 is 42.7. The molecular weight excluding hydrogens is 247 g/mol. The van der Waals surface area contributed by atoms with Crippen LogP contribution >= 0.6 is 0 Å². The van der Waals surface area contributed by atoms with E-state index in [1.165, 1.54) is 6.07 Å². The average Bonchev–Trinajstić information content (AvgIpc) is 2.58. The molecule has 0 atom stereocenters. The van der Waals surface area contributed by atoms with Gasteiger partial charge in [0, 0.05) is 0 Å². The van der Waals surface area contributed by atoms with Crippen LogP contribution < -0.4 is 5.73 Å². The van der Waals surface area contributed by atoms with Gasteiger partial charge in [0.25, 0.3) is 0 Å². The highest BCUT2D eigenvalue weighted by Crippen LogP contribution is 2.40. The molecule has 0 bridgehead atoms. The molecule has 2 aromatic rings. The zero-order valence-corrected chi connectivity index (χ0v) is 9.38. The van der Waals surface area contributed by atoms with Gasteiger partial charge in [0.2, 0.25) is 5.88 Å². The van der Waals surface area contributed by atoms with Gasteiger partial charge < -0.3 is 15.3 Å². The Morgan fingerprint density at radius 2 is 1.94 bits per heavy atom. The van der Waals surface area contributed by atoms with Gasteiger partial charge in [-0.3, -0.25) is 0 Å². The monoisotopic (exact) mass is 257 g/mol. The minimum Gasteiger partial charge on any atom is -0.504 e. The molecule has 0 aliphatic carbocycles. The molecule has 0 spiro atoms. The third-order valence-corrected chi connectivity index (χ3v) is 2.63. The van der Waals surface area contributed by atoms with Crippen LogP contribution in [-0.4, -0.2) is 5.11 Å². The van der Waals surface area contributed by atoms with Crippen LogP contribution in [0.2, 0.25) is 0 Å². The fraction of sp³-hybridized carbons (Fsp3) is 0.167. The Balaban J connectivity index is 2.65. The molecule has 0 saturated carbocycles. The summed E-state index contributed by atoms with van der Waals surface area (Å²) in [6.07, 6.45) is -3.46. The van der Waals surface area contributed by atoms with Gasteiger partial charge in [-0.15, -0.1) is 0 Å². The highest BCUT2D eigenvalue weighted by molar-refractivity contribution is 5.81. The van der Waals surface area contributed by atoms with E-state index in [0.717, 1.165) is 18.4 Å². The van der Waals surface area contributed by atoms with Crippen LogP contribution in [-0.2, 0) is 6.18 Å². The van der Waals surface area contributed by atoms with Crippen molar-refractivity contribution in [3.05, 3.63) is 35.6 Å². The van der Waals surface area contributed by atoms with Gasteiger partial charge >= 0.3 is 6.18 Å². The van der Waals surface area contributed by atoms with Crippen molar-refractivity contribution in [3.63, 3.8) is 0 Å². The summed E-state index contributed by atoms with van der Waals surface area (Å²) in [5.74, 6) is -0.398. The van der Waals surface area contributed by atoms with Gasteiger partial charge in [-0.25, -0.2) is 0 Å². The van der Waals surface area contributed by atoms with Crippen molar-refractivity contribution in [1.82, 2.24) is 0 Å². The van der Waals surface area contributed by atoms with Crippen molar-refractivity contribution in [2.75, 3.05) is 5.73 Å². The van der Waals surface area contributed by atoms with E-state index in [0.29, 0.717) is 5.56 Å². The second-order valence-corrected chi connectivity index (χ2v) is 3.89. The standard InChI is InChI=1S/C12H10F3NO2/c1-6-2-3-7(12(13,14)15)4-8(6)10-9(17)5-18-11(10)16/h2-5,17H,16H2,1H3. The zero-order valence-electron chi connectivity index (χ0n) is 9.38. The highest BCUT2D eigenvalue weighted by Gasteiger charge is 2.31. The van der Waals surface area contributed by atoms with Gasteiger partial charge in [-0.1, -0.05) is 6.07 Å². The summed E-state index contributed by atoms with van der Waals surface area (Å²) in [7, 11) is 0. The molecular formula is C12H10F3NO2. The SMILES string of the molecule is Cc1ccc(C(F)(F)F)cc1-c1c(O)coc1N. The molecule has 0 unspecified atom stereocenters. The second-order valence-electron chi connectivity index (χ2n) is 3.89. The number of aromatic hydroxyl groups is 1. The number of rotatable bonds is 1. The van der Waals surface area contributed by atoms with Crippen LogP contribution in [0.1, 0.15) is 11.1 Å². The highest BCUT2D eigenvalue weighted by atomic mass is 19.4. The van der Waals surface area contributed by atoms with Crippen molar-refractivity contribution < 1.29 is 22.7 Å². The van der Waals surface area contributed by atoms with E-state index in [2.05, 4.69) is 0 Å². The third-order valence-electron chi connectivity index (χ3n) is 2.63. The fourth-order valence-corrected chi connectivity index (χ4v) is 1.70. The molecule has 1 aromatic carbocycles. The molecule has 0 saturated heterocycles. The first-order valence-electron chi connectivity index (χ1n) is 5.05. The minimum atomic E-state index is -4.45. The van der Waals surface area contributed by atoms with E-state index in [4.69, 9.17) is 10.2 Å². The Kier molecular flexibility index (Phi) is 2.73. The van der Waals surface area contributed by atoms with Crippen LogP contribution in [0.15, 0.2) is 28.9 Å². The number of halogens is 3. The Morgan fingerprint density at radius 3 is 2.44 bits per heavy atom. The van der Waals surface area contributed by atoms with Gasteiger partial charge in [-0.05, 0) is 30.2 Å². The lowest BCUT2D eigenvalue weighted by Crippen LogP contribution is -2.05. The van der Waals surface area contributed by atoms with Gasteiger partial charge in [0.05, 0.1) is 11.1 Å². The average molecular weight is 257 g/mol. The molecule has 1 aromatic heterocycles. The maximum atomic E-state index is 12.6. The Labute approximate surface area is 101 Å². The van der Waals surface area contributed by atoms with Crippen molar-refractivity contribution in [3.8, 4) is 16.9 Å².